The van der Waals surface area contributed by atoms with E-state index in [9.17, 15) is 9.59 Å². The third-order valence-corrected chi connectivity index (χ3v) is 3.29. The molecular formula is C13H19BrN4O2. The van der Waals surface area contributed by atoms with Gasteiger partial charge < -0.3 is 10.6 Å². The van der Waals surface area contributed by atoms with Crippen molar-refractivity contribution in [3.05, 3.63) is 33.7 Å². The van der Waals surface area contributed by atoms with E-state index in [1.165, 1.54) is 4.68 Å². The van der Waals surface area contributed by atoms with E-state index in [-0.39, 0.29) is 11.5 Å². The summed E-state index contributed by atoms with van der Waals surface area (Å²) in [5, 5.41) is 9.82. The van der Waals surface area contributed by atoms with Crippen LogP contribution in [-0.2, 0) is 11.3 Å². The zero-order valence-corrected chi connectivity index (χ0v) is 13.1. The molecule has 0 bridgehead atoms. The molecule has 1 aromatic heterocycles. The van der Waals surface area contributed by atoms with Gasteiger partial charge in [-0.2, -0.15) is 5.10 Å². The maximum atomic E-state index is 11.9. The van der Waals surface area contributed by atoms with Crippen LogP contribution < -0.4 is 16.2 Å². The highest BCUT2D eigenvalue weighted by Crippen LogP contribution is 2.15. The second-order valence-corrected chi connectivity index (χ2v) is 4.97. The molecule has 0 aliphatic heterocycles. The number of carbonyl (C=O) groups is 1. The lowest BCUT2D eigenvalue weighted by atomic mass is 10.3. The molecule has 0 aliphatic carbocycles. The minimum Gasteiger partial charge on any atom is -0.382 e. The van der Waals surface area contributed by atoms with Crippen LogP contribution in [-0.4, -0.2) is 28.8 Å². The zero-order chi connectivity index (χ0) is 15.0. The molecule has 110 valence electrons. The van der Waals surface area contributed by atoms with Gasteiger partial charge in [0.2, 0.25) is 5.91 Å². The Morgan fingerprint density at radius 2 is 2.30 bits per heavy atom. The number of carbonyl (C=O) groups excluding carboxylic acids is 1. The molecule has 0 unspecified atom stereocenters. The normalized spacial score (nSPS) is 10.1. The maximum absolute atomic E-state index is 11.9. The van der Waals surface area contributed by atoms with Crippen LogP contribution in [0.3, 0.4) is 0 Å². The van der Waals surface area contributed by atoms with Crippen molar-refractivity contribution in [1.29, 1.82) is 0 Å². The highest BCUT2D eigenvalue weighted by molar-refractivity contribution is 9.10. The fourth-order valence-electron chi connectivity index (χ4n) is 1.50. The van der Waals surface area contributed by atoms with Crippen LogP contribution in [0.2, 0.25) is 0 Å². The average molecular weight is 343 g/mol. The molecule has 0 spiro atoms. The largest absolute Gasteiger partial charge is 0.382 e. The molecule has 1 rings (SSSR count). The molecule has 7 heteroatoms. The topological polar surface area (TPSA) is 76.0 Å². The number of nitrogens with zero attached hydrogens (tertiary/aromatic N) is 2. The number of anilines is 1. The molecule has 0 aromatic carbocycles. The second-order valence-electron chi connectivity index (χ2n) is 4.17. The Balaban J connectivity index is 2.57. The second kappa shape index (κ2) is 8.52. The van der Waals surface area contributed by atoms with Crippen LogP contribution in [0.25, 0.3) is 0 Å². The van der Waals surface area contributed by atoms with Gasteiger partial charge in [-0.3, -0.25) is 9.59 Å². The van der Waals surface area contributed by atoms with Crippen LogP contribution in [0.4, 0.5) is 5.69 Å². The van der Waals surface area contributed by atoms with Crippen molar-refractivity contribution < 1.29 is 4.79 Å². The van der Waals surface area contributed by atoms with Gasteiger partial charge in [0.1, 0.15) is 4.47 Å². The summed E-state index contributed by atoms with van der Waals surface area (Å²) in [5.74, 6) is -0.0107. The number of rotatable bonds is 8. The molecule has 0 saturated carbocycles. The highest BCUT2D eigenvalue weighted by atomic mass is 79.9. The number of halogens is 1. The van der Waals surface area contributed by atoms with E-state index in [4.69, 9.17) is 0 Å². The van der Waals surface area contributed by atoms with E-state index in [1.54, 1.807) is 12.3 Å². The molecular weight excluding hydrogens is 324 g/mol. The summed E-state index contributed by atoms with van der Waals surface area (Å²) in [4.78, 5) is 23.3. The van der Waals surface area contributed by atoms with Gasteiger partial charge in [0.15, 0.2) is 0 Å². The predicted molar refractivity (Wildman–Crippen MR) is 82.8 cm³/mol. The summed E-state index contributed by atoms with van der Waals surface area (Å²) >= 11 is 3.24. The van der Waals surface area contributed by atoms with Crippen LogP contribution in [0.1, 0.15) is 19.8 Å². The molecule has 0 atom stereocenters. The Labute approximate surface area is 126 Å². The number of amides is 1. The average Bonchev–Trinajstić information content (AvgIpc) is 2.44. The minimum absolute atomic E-state index is 0.0107. The SMILES string of the molecule is C=CCn1ncc(NCCC(=O)NCCC)c(Br)c1=O. The third-order valence-electron chi connectivity index (χ3n) is 2.53. The first-order chi connectivity index (χ1) is 9.60. The van der Waals surface area contributed by atoms with Crippen molar-refractivity contribution in [2.45, 2.75) is 26.3 Å². The van der Waals surface area contributed by atoms with Gasteiger partial charge in [-0.15, -0.1) is 6.58 Å². The number of hydrogen-bond donors (Lipinski definition) is 2. The molecule has 1 aromatic rings. The van der Waals surface area contributed by atoms with E-state index in [1.807, 2.05) is 6.92 Å². The standard InChI is InChI=1S/C13H19BrN4O2/c1-3-6-16-11(19)5-7-15-10-9-17-18(8-4-2)13(20)12(10)14/h4,9,15H,2-3,5-8H2,1H3,(H,16,19). The van der Waals surface area contributed by atoms with E-state index in [0.717, 1.165) is 6.42 Å². The van der Waals surface area contributed by atoms with E-state index in [0.29, 0.717) is 36.2 Å². The molecule has 0 saturated heterocycles. The lowest BCUT2D eigenvalue weighted by Crippen LogP contribution is -2.27. The first-order valence-corrected chi connectivity index (χ1v) is 7.26. The summed E-state index contributed by atoms with van der Waals surface area (Å²) in [7, 11) is 0. The Morgan fingerprint density at radius 1 is 1.55 bits per heavy atom. The minimum atomic E-state index is -0.231. The number of nitrogens with one attached hydrogen (secondary N) is 2. The van der Waals surface area contributed by atoms with E-state index in [2.05, 4.69) is 38.2 Å². The molecule has 20 heavy (non-hydrogen) atoms. The summed E-state index contributed by atoms with van der Waals surface area (Å²) < 4.78 is 1.71. The molecule has 0 aliphatic rings. The van der Waals surface area contributed by atoms with Crippen LogP contribution in [0.15, 0.2) is 28.1 Å². The lowest BCUT2D eigenvalue weighted by molar-refractivity contribution is -0.120. The van der Waals surface area contributed by atoms with Crippen molar-refractivity contribution in [3.63, 3.8) is 0 Å². The summed E-state index contributed by atoms with van der Waals surface area (Å²) in [6.45, 7) is 7.05. The Hall–Kier alpha value is -1.63. The van der Waals surface area contributed by atoms with Crippen molar-refractivity contribution in [2.24, 2.45) is 0 Å². The number of allylic oxidation sites excluding steroid dienone is 1. The van der Waals surface area contributed by atoms with Crippen molar-refractivity contribution in [2.75, 3.05) is 18.4 Å². The van der Waals surface area contributed by atoms with Crippen molar-refractivity contribution in [3.8, 4) is 0 Å². The van der Waals surface area contributed by atoms with Gasteiger partial charge in [-0.05, 0) is 22.4 Å². The van der Waals surface area contributed by atoms with E-state index >= 15 is 0 Å². The van der Waals surface area contributed by atoms with Crippen molar-refractivity contribution >= 4 is 27.5 Å². The van der Waals surface area contributed by atoms with Gasteiger partial charge in [-0.1, -0.05) is 13.0 Å². The fourth-order valence-corrected chi connectivity index (χ4v) is 1.95. The van der Waals surface area contributed by atoms with Crippen LogP contribution >= 0.6 is 15.9 Å². The monoisotopic (exact) mass is 342 g/mol. The fraction of sp³-hybridized carbons (Fsp3) is 0.462. The molecule has 1 amide bonds. The van der Waals surface area contributed by atoms with Gasteiger partial charge >= 0.3 is 0 Å². The van der Waals surface area contributed by atoms with Crippen molar-refractivity contribution in [1.82, 2.24) is 15.1 Å². The Morgan fingerprint density at radius 3 is 2.95 bits per heavy atom. The molecule has 2 N–H and O–H groups in total. The summed E-state index contributed by atoms with van der Waals surface area (Å²) in [6, 6.07) is 0. The van der Waals surface area contributed by atoms with Gasteiger partial charge in [-0.25, -0.2) is 4.68 Å². The van der Waals surface area contributed by atoms with Crippen LogP contribution in [0.5, 0.6) is 0 Å². The maximum Gasteiger partial charge on any atom is 0.283 e. The number of aromatic nitrogens is 2. The number of hydrogen-bond acceptors (Lipinski definition) is 4. The predicted octanol–water partition coefficient (Wildman–Crippen LogP) is 1.52. The van der Waals surface area contributed by atoms with Gasteiger partial charge in [0.05, 0.1) is 18.4 Å². The van der Waals surface area contributed by atoms with E-state index < -0.39 is 0 Å². The third kappa shape index (κ3) is 4.80. The smallest absolute Gasteiger partial charge is 0.283 e. The quantitative estimate of drug-likeness (QED) is 0.702. The molecule has 1 heterocycles. The molecule has 6 nitrogen and oxygen atoms in total. The van der Waals surface area contributed by atoms with Gasteiger partial charge in [0.25, 0.3) is 5.56 Å². The van der Waals surface area contributed by atoms with Gasteiger partial charge in [0, 0.05) is 19.5 Å². The first kappa shape index (κ1) is 16.4. The first-order valence-electron chi connectivity index (χ1n) is 6.47. The lowest BCUT2D eigenvalue weighted by Gasteiger charge is -2.09. The highest BCUT2D eigenvalue weighted by Gasteiger charge is 2.08. The Kier molecular flexibility index (Phi) is 7.00. The molecule has 0 radical (unpaired) electrons. The summed E-state index contributed by atoms with van der Waals surface area (Å²) in [5.41, 5.74) is 0.351. The zero-order valence-electron chi connectivity index (χ0n) is 11.5. The summed E-state index contributed by atoms with van der Waals surface area (Å²) in [6.07, 6.45) is 4.42. The van der Waals surface area contributed by atoms with Crippen LogP contribution in [0, 0.1) is 0 Å². The Bertz CT molecular complexity index is 528. The molecule has 0 fully saturated rings.